The topological polar surface area (TPSA) is 84.9 Å². The first-order valence-corrected chi connectivity index (χ1v) is 12.3. The fourth-order valence-corrected chi connectivity index (χ4v) is 5.16. The summed E-state index contributed by atoms with van der Waals surface area (Å²) in [4.78, 5) is 14.7. The first-order chi connectivity index (χ1) is 15.9. The molecule has 0 radical (unpaired) electrons. The van der Waals surface area contributed by atoms with E-state index < -0.39 is 10.0 Å². The van der Waals surface area contributed by atoms with Crippen LogP contribution in [0.4, 0.5) is 11.4 Å². The summed E-state index contributed by atoms with van der Waals surface area (Å²) >= 11 is 0. The van der Waals surface area contributed by atoms with Gasteiger partial charge in [-0.15, -0.1) is 0 Å². The zero-order valence-corrected chi connectivity index (χ0v) is 19.4. The third-order valence-corrected chi connectivity index (χ3v) is 6.77. The van der Waals surface area contributed by atoms with Crippen molar-refractivity contribution < 1.29 is 22.7 Å². The molecule has 0 fully saturated rings. The molecule has 1 amide bonds. The van der Waals surface area contributed by atoms with Crippen molar-refractivity contribution in [2.75, 3.05) is 30.4 Å². The molecule has 0 aliphatic carbocycles. The number of anilines is 2. The number of hydrogen-bond donors (Lipinski definition) is 1. The number of sulfonamides is 1. The lowest BCUT2D eigenvalue weighted by Gasteiger charge is -2.30. The van der Waals surface area contributed by atoms with Crippen LogP contribution < -0.4 is 19.1 Å². The second-order valence-corrected chi connectivity index (χ2v) is 9.57. The number of nitrogens with zero attached hydrogens (tertiary/aromatic N) is 1. The van der Waals surface area contributed by atoms with Crippen molar-refractivity contribution in [1.29, 1.82) is 0 Å². The molecular weight excluding hydrogens is 440 g/mol. The van der Waals surface area contributed by atoms with Crippen LogP contribution in [0.1, 0.15) is 27.9 Å². The first-order valence-electron chi connectivity index (χ1n) is 10.6. The van der Waals surface area contributed by atoms with E-state index in [0.29, 0.717) is 34.9 Å². The molecule has 1 aliphatic rings. The van der Waals surface area contributed by atoms with E-state index in [4.69, 9.17) is 9.47 Å². The number of benzene rings is 3. The van der Waals surface area contributed by atoms with Gasteiger partial charge in [0.1, 0.15) is 11.5 Å². The summed E-state index contributed by atoms with van der Waals surface area (Å²) in [5.74, 6) is 0.765. The second-order valence-electron chi connectivity index (χ2n) is 7.85. The maximum absolute atomic E-state index is 13.0. The van der Waals surface area contributed by atoms with Crippen LogP contribution in [-0.2, 0) is 22.2 Å². The van der Waals surface area contributed by atoms with E-state index in [1.54, 1.807) is 41.3 Å². The molecule has 3 aromatic carbocycles. The minimum absolute atomic E-state index is 0.0585. The van der Waals surface area contributed by atoms with E-state index >= 15 is 0 Å². The van der Waals surface area contributed by atoms with Crippen LogP contribution in [0.2, 0.25) is 0 Å². The Morgan fingerprint density at radius 3 is 2.33 bits per heavy atom. The smallest absolute Gasteiger partial charge is 0.258 e. The van der Waals surface area contributed by atoms with E-state index in [-0.39, 0.29) is 11.7 Å². The Kier molecular flexibility index (Phi) is 6.55. The van der Waals surface area contributed by atoms with Gasteiger partial charge in [-0.25, -0.2) is 8.42 Å². The minimum atomic E-state index is -3.68. The third-order valence-electron chi connectivity index (χ3n) is 5.51. The van der Waals surface area contributed by atoms with E-state index in [0.717, 1.165) is 24.1 Å². The Bertz CT molecular complexity index is 1240. The molecule has 8 heteroatoms. The van der Waals surface area contributed by atoms with E-state index in [9.17, 15) is 13.2 Å². The Morgan fingerprint density at radius 1 is 0.970 bits per heavy atom. The van der Waals surface area contributed by atoms with Gasteiger partial charge in [-0.05, 0) is 66.4 Å². The minimum Gasteiger partial charge on any atom is -0.497 e. The quantitative estimate of drug-likeness (QED) is 0.563. The molecule has 3 aromatic rings. The molecule has 0 aromatic heterocycles. The summed E-state index contributed by atoms with van der Waals surface area (Å²) in [6.45, 7) is 0.628. The van der Waals surface area contributed by atoms with Gasteiger partial charge >= 0.3 is 0 Å². The Morgan fingerprint density at radius 2 is 1.67 bits per heavy atom. The van der Waals surface area contributed by atoms with Crippen LogP contribution in [0.25, 0.3) is 0 Å². The highest BCUT2D eigenvalue weighted by atomic mass is 32.2. The summed E-state index contributed by atoms with van der Waals surface area (Å²) in [6.07, 6.45) is 1.59. The maximum Gasteiger partial charge on any atom is 0.258 e. The normalized spacial score (nSPS) is 13.2. The molecule has 0 atom stereocenters. The number of ether oxygens (including phenoxy) is 2. The van der Waals surface area contributed by atoms with Crippen molar-refractivity contribution in [3.8, 4) is 11.5 Å². The molecule has 7 nitrogen and oxygen atoms in total. The summed E-state index contributed by atoms with van der Waals surface area (Å²) in [7, 11) is -0.642. The molecule has 1 aliphatic heterocycles. The standard InChI is InChI=1S/C25H26N2O5S/c1-31-22-13-18(14-23(16-22)32-2)17-33(29,30)26-21-10-11-24-20(15-21)9-6-12-27(24)25(28)19-7-4-3-5-8-19/h3-5,7-8,10-11,13-16,26H,6,9,12,17H2,1-2H3. The lowest BCUT2D eigenvalue weighted by molar-refractivity contribution is 0.0985. The second kappa shape index (κ2) is 9.54. The number of methoxy groups -OCH3 is 2. The van der Waals surface area contributed by atoms with Gasteiger partial charge in [0.25, 0.3) is 5.91 Å². The van der Waals surface area contributed by atoms with E-state index in [1.165, 1.54) is 14.2 Å². The molecule has 0 bridgehead atoms. The summed E-state index contributed by atoms with van der Waals surface area (Å²) in [6, 6.07) is 19.5. The largest absolute Gasteiger partial charge is 0.497 e. The molecule has 0 unspecified atom stereocenters. The molecule has 0 saturated heterocycles. The van der Waals surface area contributed by atoms with Gasteiger partial charge in [0.15, 0.2) is 0 Å². The molecule has 0 spiro atoms. The predicted molar refractivity (Wildman–Crippen MR) is 129 cm³/mol. The number of hydrogen-bond acceptors (Lipinski definition) is 5. The monoisotopic (exact) mass is 466 g/mol. The van der Waals surface area contributed by atoms with Gasteiger partial charge in [-0.3, -0.25) is 9.52 Å². The van der Waals surface area contributed by atoms with Crippen LogP contribution in [0.3, 0.4) is 0 Å². The molecule has 4 rings (SSSR count). The van der Waals surface area contributed by atoms with Gasteiger partial charge in [-0.1, -0.05) is 18.2 Å². The highest BCUT2D eigenvalue weighted by Crippen LogP contribution is 2.31. The van der Waals surface area contributed by atoms with Crippen LogP contribution in [0.15, 0.2) is 66.7 Å². The average Bonchev–Trinajstić information content (AvgIpc) is 2.82. The van der Waals surface area contributed by atoms with Crippen molar-refractivity contribution in [3.63, 3.8) is 0 Å². The number of amides is 1. The maximum atomic E-state index is 13.0. The summed E-state index contributed by atoms with van der Waals surface area (Å²) < 4.78 is 38.8. The van der Waals surface area contributed by atoms with E-state index in [1.807, 2.05) is 30.3 Å². The number of aryl methyl sites for hydroxylation is 1. The summed E-state index contributed by atoms with van der Waals surface area (Å²) in [5.41, 5.74) is 3.40. The average molecular weight is 467 g/mol. The van der Waals surface area contributed by atoms with Crippen molar-refractivity contribution >= 4 is 27.3 Å². The van der Waals surface area contributed by atoms with Crippen molar-refractivity contribution in [3.05, 3.63) is 83.4 Å². The number of carbonyl (C=O) groups excluding carboxylic acids is 1. The molecule has 33 heavy (non-hydrogen) atoms. The number of carbonyl (C=O) groups is 1. The molecular formula is C25H26N2O5S. The van der Waals surface area contributed by atoms with Crippen LogP contribution >= 0.6 is 0 Å². The number of fused-ring (bicyclic) bond motifs is 1. The highest BCUT2D eigenvalue weighted by Gasteiger charge is 2.24. The molecule has 0 saturated carbocycles. The highest BCUT2D eigenvalue weighted by molar-refractivity contribution is 7.91. The van der Waals surface area contributed by atoms with Crippen LogP contribution in [0, 0.1) is 0 Å². The van der Waals surface area contributed by atoms with Gasteiger partial charge < -0.3 is 14.4 Å². The fourth-order valence-electron chi connectivity index (χ4n) is 3.99. The Balaban J connectivity index is 1.54. The molecule has 172 valence electrons. The van der Waals surface area contributed by atoms with E-state index in [2.05, 4.69) is 4.72 Å². The SMILES string of the molecule is COc1cc(CS(=O)(=O)Nc2ccc3c(c2)CCCN3C(=O)c2ccccc2)cc(OC)c1. The third kappa shape index (κ3) is 5.28. The fraction of sp³-hybridized carbons (Fsp3) is 0.240. The van der Waals surface area contributed by atoms with Crippen LogP contribution in [-0.4, -0.2) is 35.1 Å². The van der Waals surface area contributed by atoms with Crippen molar-refractivity contribution in [2.24, 2.45) is 0 Å². The van der Waals surface area contributed by atoms with Gasteiger partial charge in [-0.2, -0.15) is 0 Å². The van der Waals surface area contributed by atoms with Gasteiger partial charge in [0, 0.05) is 29.5 Å². The zero-order valence-electron chi connectivity index (χ0n) is 18.6. The predicted octanol–water partition coefficient (Wildman–Crippen LogP) is 4.24. The lowest BCUT2D eigenvalue weighted by atomic mass is 10.00. The van der Waals surface area contributed by atoms with Gasteiger partial charge in [0.2, 0.25) is 10.0 Å². The zero-order chi connectivity index (χ0) is 23.4. The molecule has 1 N–H and O–H groups in total. The Labute approximate surface area is 194 Å². The van der Waals surface area contributed by atoms with Gasteiger partial charge in [0.05, 0.1) is 20.0 Å². The number of rotatable bonds is 7. The summed E-state index contributed by atoms with van der Waals surface area (Å²) in [5, 5.41) is 0. The van der Waals surface area contributed by atoms with Crippen LogP contribution in [0.5, 0.6) is 11.5 Å². The van der Waals surface area contributed by atoms with Crippen molar-refractivity contribution in [1.82, 2.24) is 0 Å². The Hall–Kier alpha value is -3.52. The lowest BCUT2D eigenvalue weighted by Crippen LogP contribution is -2.35. The first kappa shape index (κ1) is 22.7. The molecule has 1 heterocycles. The number of nitrogens with one attached hydrogen (secondary N) is 1. The van der Waals surface area contributed by atoms with Crippen molar-refractivity contribution in [2.45, 2.75) is 18.6 Å².